The fourth-order valence-corrected chi connectivity index (χ4v) is 4.02. The second-order valence-corrected chi connectivity index (χ2v) is 6.79. The first kappa shape index (κ1) is 16.4. The van der Waals surface area contributed by atoms with Crippen molar-refractivity contribution in [3.63, 3.8) is 0 Å². The maximum atomic E-state index is 13.1. The van der Waals surface area contributed by atoms with Crippen LogP contribution in [0.5, 0.6) is 0 Å². The Bertz CT molecular complexity index is 1240. The number of carbonyl (C=O) groups is 4. The van der Waals surface area contributed by atoms with Gasteiger partial charge < -0.3 is 9.97 Å². The lowest BCUT2D eigenvalue weighted by Crippen LogP contribution is -2.44. The number of nitrogens with one attached hydrogen (secondary N) is 2. The summed E-state index contributed by atoms with van der Waals surface area (Å²) < 4.78 is 0. The number of imide groups is 2. The summed E-state index contributed by atoms with van der Waals surface area (Å²) in [5.74, 6) is -2.14. The van der Waals surface area contributed by atoms with Gasteiger partial charge in [0.2, 0.25) is 11.9 Å². The molecule has 6 rings (SSSR count). The van der Waals surface area contributed by atoms with Crippen LogP contribution >= 0.6 is 0 Å². The van der Waals surface area contributed by atoms with Gasteiger partial charge >= 0.3 is 0 Å². The first-order valence-electron chi connectivity index (χ1n) is 8.94. The van der Waals surface area contributed by atoms with E-state index < -0.39 is 23.6 Å². The number of hydrogen-bond donors (Lipinski definition) is 2. The van der Waals surface area contributed by atoms with Crippen molar-refractivity contribution in [1.82, 2.24) is 19.9 Å². The number of imidazole rings is 2. The van der Waals surface area contributed by atoms with Crippen LogP contribution in [0.3, 0.4) is 0 Å². The average molecular weight is 398 g/mol. The Kier molecular flexibility index (Phi) is 2.99. The average Bonchev–Trinajstić information content (AvgIpc) is 3.45. The van der Waals surface area contributed by atoms with E-state index in [0.717, 1.165) is 9.80 Å². The van der Waals surface area contributed by atoms with Gasteiger partial charge in [0.05, 0.1) is 0 Å². The number of rotatable bonds is 2. The summed E-state index contributed by atoms with van der Waals surface area (Å²) >= 11 is 0. The zero-order valence-corrected chi connectivity index (χ0v) is 15.0. The number of anilines is 2. The molecular weight excluding hydrogens is 388 g/mol. The normalized spacial score (nSPS) is 15.5. The molecule has 0 bridgehead atoms. The zero-order chi connectivity index (χ0) is 20.6. The van der Waals surface area contributed by atoms with Gasteiger partial charge in [-0.2, -0.15) is 0 Å². The van der Waals surface area contributed by atoms with Gasteiger partial charge in [-0.25, -0.2) is 19.8 Å². The van der Waals surface area contributed by atoms with Crippen molar-refractivity contribution in [3.8, 4) is 0 Å². The van der Waals surface area contributed by atoms with E-state index >= 15 is 0 Å². The van der Waals surface area contributed by atoms with Crippen molar-refractivity contribution in [2.75, 3.05) is 9.80 Å². The van der Waals surface area contributed by atoms with Gasteiger partial charge in [0.25, 0.3) is 23.6 Å². The molecule has 144 valence electrons. The first-order chi connectivity index (χ1) is 14.6. The van der Waals surface area contributed by atoms with Crippen molar-refractivity contribution < 1.29 is 19.2 Å². The molecule has 0 atom stereocenters. The number of amides is 4. The number of aromatic nitrogens is 4. The summed E-state index contributed by atoms with van der Waals surface area (Å²) in [4.78, 5) is 67.8. The number of H-pyrrole nitrogens is 2. The fourth-order valence-electron chi connectivity index (χ4n) is 4.02. The Morgan fingerprint density at radius 1 is 0.567 bits per heavy atom. The molecule has 0 spiro atoms. The molecule has 0 fully saturated rings. The molecule has 30 heavy (non-hydrogen) atoms. The molecule has 0 aliphatic carbocycles. The number of hydrogen-bond acceptors (Lipinski definition) is 6. The van der Waals surface area contributed by atoms with Crippen LogP contribution in [0.1, 0.15) is 41.4 Å². The minimum absolute atomic E-state index is 0.0974. The lowest BCUT2D eigenvalue weighted by atomic mass is 9.86. The molecule has 10 nitrogen and oxygen atoms in total. The van der Waals surface area contributed by atoms with Gasteiger partial charge in [-0.3, -0.25) is 19.2 Å². The molecule has 4 amide bonds. The molecule has 2 aliphatic rings. The highest BCUT2D eigenvalue weighted by Gasteiger charge is 2.41. The molecule has 2 N–H and O–H groups in total. The van der Waals surface area contributed by atoms with E-state index in [9.17, 15) is 19.2 Å². The topological polar surface area (TPSA) is 132 Å². The van der Waals surface area contributed by atoms with Crippen molar-refractivity contribution in [3.05, 3.63) is 71.3 Å². The highest BCUT2D eigenvalue weighted by Crippen LogP contribution is 2.39. The largest absolute Gasteiger partial charge is 0.330 e. The van der Waals surface area contributed by atoms with Crippen LogP contribution < -0.4 is 9.80 Å². The van der Waals surface area contributed by atoms with Crippen molar-refractivity contribution in [1.29, 1.82) is 0 Å². The summed E-state index contributed by atoms with van der Waals surface area (Å²) in [5.41, 5.74) is 0.865. The molecule has 2 aliphatic heterocycles. The third-order valence-corrected chi connectivity index (χ3v) is 5.29. The third kappa shape index (κ3) is 1.86. The Morgan fingerprint density at radius 3 is 1.17 bits per heavy atom. The number of aromatic amines is 2. The number of benzene rings is 2. The van der Waals surface area contributed by atoms with Crippen molar-refractivity contribution in [2.24, 2.45) is 0 Å². The molecule has 0 saturated carbocycles. The summed E-state index contributed by atoms with van der Waals surface area (Å²) in [6.45, 7) is 0. The molecule has 4 aromatic rings. The van der Waals surface area contributed by atoms with Gasteiger partial charge in [-0.1, -0.05) is 0 Å². The smallest absolute Gasteiger partial charge is 0.268 e. The maximum Gasteiger partial charge on any atom is 0.268 e. The Balaban J connectivity index is 1.63. The highest BCUT2D eigenvalue weighted by atomic mass is 16.2. The molecular formula is C20H10N6O4. The number of nitrogens with zero attached hydrogens (tertiary/aromatic N) is 4. The standard InChI is InChI=1S/C20H10N6O4/c27-15-9-1-2-10-14-12(18(30)26(16(10)28)20-23-7-8-24-20)4-3-11(13(9)14)17(29)25(15)19-21-5-6-22-19/h1-8H,(H,21,22)(H,23,24). The SMILES string of the molecule is O=C1c2ccc3c4c(ccc(c24)C(=O)N1c1ncc[nH]1)C(=O)N(c1ncc[nH]1)C3=O. The van der Waals surface area contributed by atoms with Crippen LogP contribution in [0.2, 0.25) is 0 Å². The molecule has 10 heteroatoms. The predicted octanol–water partition coefficient (Wildman–Crippen LogP) is 1.89. The zero-order valence-electron chi connectivity index (χ0n) is 15.0. The monoisotopic (exact) mass is 398 g/mol. The van der Waals surface area contributed by atoms with E-state index in [-0.39, 0.29) is 34.2 Å². The Hall–Kier alpha value is -4.60. The highest BCUT2D eigenvalue weighted by molar-refractivity contribution is 6.41. The lowest BCUT2D eigenvalue weighted by molar-refractivity contribution is 0.0870. The van der Waals surface area contributed by atoms with E-state index in [0.29, 0.717) is 10.8 Å². The van der Waals surface area contributed by atoms with Crippen LogP contribution in [-0.4, -0.2) is 43.6 Å². The van der Waals surface area contributed by atoms with E-state index in [2.05, 4.69) is 19.9 Å². The van der Waals surface area contributed by atoms with Crippen LogP contribution in [-0.2, 0) is 0 Å². The number of carbonyl (C=O) groups excluding carboxylic acids is 4. The van der Waals surface area contributed by atoms with Crippen LogP contribution in [0.4, 0.5) is 11.9 Å². The van der Waals surface area contributed by atoms with Gasteiger partial charge in [-0.15, -0.1) is 0 Å². The summed E-state index contributed by atoms with van der Waals surface area (Å²) in [6, 6.07) is 5.96. The van der Waals surface area contributed by atoms with Gasteiger partial charge in [0.1, 0.15) is 0 Å². The Morgan fingerprint density at radius 2 is 0.900 bits per heavy atom. The van der Waals surface area contributed by atoms with Crippen LogP contribution in [0.15, 0.2) is 49.1 Å². The second-order valence-electron chi connectivity index (χ2n) is 6.79. The maximum absolute atomic E-state index is 13.1. The van der Waals surface area contributed by atoms with E-state index in [4.69, 9.17) is 0 Å². The third-order valence-electron chi connectivity index (χ3n) is 5.29. The van der Waals surface area contributed by atoms with Gasteiger partial charge in [-0.05, 0) is 24.3 Å². The summed E-state index contributed by atoms with van der Waals surface area (Å²) in [6.07, 6.45) is 5.89. The minimum atomic E-state index is -0.584. The van der Waals surface area contributed by atoms with Crippen molar-refractivity contribution >= 4 is 46.3 Å². The molecule has 0 radical (unpaired) electrons. The molecule has 2 aromatic heterocycles. The van der Waals surface area contributed by atoms with Gasteiger partial charge in [0.15, 0.2) is 0 Å². The summed E-state index contributed by atoms with van der Waals surface area (Å²) in [5, 5.41) is 0.590. The molecule has 4 heterocycles. The molecule has 0 unspecified atom stereocenters. The van der Waals surface area contributed by atoms with Crippen molar-refractivity contribution in [2.45, 2.75) is 0 Å². The Labute approximate surface area is 167 Å². The lowest BCUT2D eigenvalue weighted by Gasteiger charge is -2.30. The second kappa shape index (κ2) is 5.47. The van der Waals surface area contributed by atoms with Crippen LogP contribution in [0, 0.1) is 0 Å². The van der Waals surface area contributed by atoms with Gasteiger partial charge in [0, 0.05) is 57.8 Å². The minimum Gasteiger partial charge on any atom is -0.330 e. The molecule has 2 aromatic carbocycles. The summed E-state index contributed by atoms with van der Waals surface area (Å²) in [7, 11) is 0. The fraction of sp³-hybridized carbons (Fsp3) is 0. The van der Waals surface area contributed by atoms with E-state index in [1.807, 2.05) is 0 Å². The first-order valence-corrected chi connectivity index (χ1v) is 8.94. The quantitative estimate of drug-likeness (QED) is 0.496. The van der Waals surface area contributed by atoms with E-state index in [1.165, 1.54) is 49.1 Å². The van der Waals surface area contributed by atoms with E-state index in [1.54, 1.807) is 0 Å². The predicted molar refractivity (Wildman–Crippen MR) is 103 cm³/mol. The molecule has 0 saturated heterocycles. The van der Waals surface area contributed by atoms with Crippen LogP contribution in [0.25, 0.3) is 10.8 Å².